The van der Waals surface area contributed by atoms with Gasteiger partial charge < -0.3 is 9.42 Å². The standard InChI is InChI=1S/C19H17N5O2/c25-18(12-14-13-6-1-2-8-16(13)26-22-14)23-11-5-7-15(23)19-21-20-17-9-3-4-10-24(17)19/h1-4,6,8-10,15H,5,7,11-12H2. The Kier molecular flexibility index (Phi) is 3.44. The quantitative estimate of drug-likeness (QED) is 0.569. The minimum atomic E-state index is -0.0573. The summed E-state index contributed by atoms with van der Waals surface area (Å²) in [5.74, 6) is 0.857. The van der Waals surface area contributed by atoms with Gasteiger partial charge in [0.25, 0.3) is 0 Å². The lowest BCUT2D eigenvalue weighted by atomic mass is 10.1. The van der Waals surface area contributed by atoms with Gasteiger partial charge in [0.15, 0.2) is 17.1 Å². The second-order valence-corrected chi connectivity index (χ2v) is 6.53. The summed E-state index contributed by atoms with van der Waals surface area (Å²) >= 11 is 0. The first kappa shape index (κ1) is 15.1. The lowest BCUT2D eigenvalue weighted by Crippen LogP contribution is -2.32. The van der Waals surface area contributed by atoms with Crippen molar-refractivity contribution in [3.8, 4) is 0 Å². The number of hydrogen-bond acceptors (Lipinski definition) is 5. The average Bonchev–Trinajstić information content (AvgIpc) is 3.39. The minimum absolute atomic E-state index is 0.0410. The Labute approximate surface area is 149 Å². The topological polar surface area (TPSA) is 76.5 Å². The van der Waals surface area contributed by atoms with E-state index >= 15 is 0 Å². The van der Waals surface area contributed by atoms with Gasteiger partial charge in [-0.1, -0.05) is 23.4 Å². The Morgan fingerprint density at radius 3 is 3.00 bits per heavy atom. The number of likely N-dealkylation sites (tertiary alicyclic amines) is 1. The Hall–Kier alpha value is -3.22. The molecule has 0 radical (unpaired) electrons. The molecular formula is C19H17N5O2. The third kappa shape index (κ3) is 2.35. The highest BCUT2D eigenvalue weighted by Crippen LogP contribution is 2.32. The van der Waals surface area contributed by atoms with Crippen LogP contribution in [0.25, 0.3) is 16.6 Å². The summed E-state index contributed by atoms with van der Waals surface area (Å²) < 4.78 is 7.28. The van der Waals surface area contributed by atoms with Crippen molar-refractivity contribution < 1.29 is 9.32 Å². The molecule has 130 valence electrons. The van der Waals surface area contributed by atoms with Crippen LogP contribution in [0.3, 0.4) is 0 Å². The van der Waals surface area contributed by atoms with E-state index in [1.54, 1.807) is 0 Å². The maximum atomic E-state index is 13.0. The SMILES string of the molecule is O=C(Cc1noc2ccccc12)N1CCCC1c1nnc2ccccn12. The first-order valence-electron chi connectivity index (χ1n) is 8.74. The number of aromatic nitrogens is 4. The molecule has 0 N–H and O–H groups in total. The van der Waals surface area contributed by atoms with E-state index in [1.807, 2.05) is 58.0 Å². The van der Waals surface area contributed by atoms with Gasteiger partial charge in [0.1, 0.15) is 5.69 Å². The van der Waals surface area contributed by atoms with Gasteiger partial charge in [0.2, 0.25) is 5.91 Å². The zero-order chi connectivity index (χ0) is 17.5. The van der Waals surface area contributed by atoms with E-state index in [4.69, 9.17) is 4.52 Å². The van der Waals surface area contributed by atoms with Gasteiger partial charge in [0, 0.05) is 18.1 Å². The lowest BCUT2D eigenvalue weighted by molar-refractivity contribution is -0.131. The van der Waals surface area contributed by atoms with Crippen LogP contribution in [-0.4, -0.2) is 37.1 Å². The number of benzene rings is 1. The molecule has 1 aliphatic heterocycles. The number of carbonyl (C=O) groups excluding carboxylic acids is 1. The van der Waals surface area contributed by atoms with Gasteiger partial charge in [-0.3, -0.25) is 9.20 Å². The van der Waals surface area contributed by atoms with Crippen LogP contribution in [0, 0.1) is 0 Å². The fraction of sp³-hybridized carbons (Fsp3) is 0.263. The minimum Gasteiger partial charge on any atom is -0.356 e. The fourth-order valence-electron chi connectivity index (χ4n) is 3.73. The van der Waals surface area contributed by atoms with Crippen LogP contribution in [0.5, 0.6) is 0 Å². The van der Waals surface area contributed by atoms with Crippen molar-refractivity contribution >= 4 is 22.5 Å². The van der Waals surface area contributed by atoms with Crippen LogP contribution in [0.15, 0.2) is 53.2 Å². The van der Waals surface area contributed by atoms with E-state index in [0.29, 0.717) is 11.3 Å². The zero-order valence-electron chi connectivity index (χ0n) is 14.1. The number of pyridine rings is 1. The van der Waals surface area contributed by atoms with Crippen LogP contribution in [0.4, 0.5) is 0 Å². The molecule has 5 rings (SSSR count). The van der Waals surface area contributed by atoms with Crippen molar-refractivity contribution in [3.63, 3.8) is 0 Å². The Morgan fingerprint density at radius 2 is 2.04 bits per heavy atom. The molecule has 1 unspecified atom stereocenters. The van der Waals surface area contributed by atoms with E-state index in [0.717, 1.165) is 36.2 Å². The molecule has 0 spiro atoms. The maximum absolute atomic E-state index is 13.0. The Balaban J connectivity index is 1.44. The summed E-state index contributed by atoms with van der Waals surface area (Å²) in [4.78, 5) is 14.9. The lowest BCUT2D eigenvalue weighted by Gasteiger charge is -2.23. The summed E-state index contributed by atoms with van der Waals surface area (Å²) in [7, 11) is 0. The smallest absolute Gasteiger partial charge is 0.229 e. The van der Waals surface area contributed by atoms with Crippen LogP contribution in [0.2, 0.25) is 0 Å². The first-order chi connectivity index (χ1) is 12.8. The second kappa shape index (κ2) is 5.94. The highest BCUT2D eigenvalue weighted by atomic mass is 16.5. The predicted molar refractivity (Wildman–Crippen MR) is 94.4 cm³/mol. The Morgan fingerprint density at radius 1 is 1.15 bits per heavy atom. The molecule has 26 heavy (non-hydrogen) atoms. The summed E-state index contributed by atoms with van der Waals surface area (Å²) in [6, 6.07) is 13.3. The number of nitrogens with zero attached hydrogens (tertiary/aromatic N) is 5. The molecule has 1 aliphatic rings. The van der Waals surface area contributed by atoms with Crippen molar-refractivity contribution in [3.05, 3.63) is 60.2 Å². The molecule has 3 aromatic heterocycles. The molecule has 1 fully saturated rings. The zero-order valence-corrected chi connectivity index (χ0v) is 14.1. The second-order valence-electron chi connectivity index (χ2n) is 6.53. The fourth-order valence-corrected chi connectivity index (χ4v) is 3.73. The first-order valence-corrected chi connectivity index (χ1v) is 8.74. The summed E-state index contributed by atoms with van der Waals surface area (Å²) in [6.45, 7) is 0.723. The maximum Gasteiger partial charge on any atom is 0.229 e. The molecule has 4 heterocycles. The molecule has 0 saturated carbocycles. The summed E-state index contributed by atoms with van der Waals surface area (Å²) in [6.07, 6.45) is 4.01. The van der Waals surface area contributed by atoms with Crippen molar-refractivity contribution in [2.75, 3.05) is 6.54 Å². The molecule has 7 nitrogen and oxygen atoms in total. The molecule has 1 atom stereocenters. The van der Waals surface area contributed by atoms with Gasteiger partial charge in [-0.15, -0.1) is 10.2 Å². The third-order valence-electron chi connectivity index (χ3n) is 4.98. The molecule has 1 amide bonds. The van der Waals surface area contributed by atoms with E-state index in [9.17, 15) is 4.79 Å². The van der Waals surface area contributed by atoms with Crippen LogP contribution in [-0.2, 0) is 11.2 Å². The average molecular weight is 347 g/mol. The number of hydrogen-bond donors (Lipinski definition) is 0. The largest absolute Gasteiger partial charge is 0.356 e. The summed E-state index contributed by atoms with van der Waals surface area (Å²) in [5, 5.41) is 13.5. The van der Waals surface area contributed by atoms with Crippen LogP contribution in [0.1, 0.15) is 30.4 Å². The molecular weight excluding hydrogens is 330 g/mol. The van der Waals surface area contributed by atoms with Crippen molar-refractivity contribution in [1.82, 2.24) is 24.7 Å². The van der Waals surface area contributed by atoms with Gasteiger partial charge in [-0.05, 0) is 37.1 Å². The van der Waals surface area contributed by atoms with Gasteiger partial charge in [-0.25, -0.2) is 0 Å². The van der Waals surface area contributed by atoms with Crippen molar-refractivity contribution in [2.24, 2.45) is 0 Å². The highest BCUT2D eigenvalue weighted by Gasteiger charge is 2.33. The van der Waals surface area contributed by atoms with Gasteiger partial charge >= 0.3 is 0 Å². The van der Waals surface area contributed by atoms with Crippen LogP contribution >= 0.6 is 0 Å². The highest BCUT2D eigenvalue weighted by molar-refractivity contribution is 5.86. The number of rotatable bonds is 3. The number of amides is 1. The predicted octanol–water partition coefficient (Wildman–Crippen LogP) is 2.78. The molecule has 0 bridgehead atoms. The van der Waals surface area contributed by atoms with E-state index in [1.165, 1.54) is 0 Å². The number of para-hydroxylation sites is 1. The molecule has 1 saturated heterocycles. The Bertz CT molecular complexity index is 1100. The summed E-state index contributed by atoms with van der Waals surface area (Å²) in [5.41, 5.74) is 2.18. The van der Waals surface area contributed by atoms with E-state index in [-0.39, 0.29) is 18.4 Å². The normalized spacial score (nSPS) is 17.4. The third-order valence-corrected chi connectivity index (χ3v) is 4.98. The number of fused-ring (bicyclic) bond motifs is 2. The number of carbonyl (C=O) groups is 1. The van der Waals surface area contributed by atoms with Gasteiger partial charge in [0.05, 0.1) is 12.5 Å². The van der Waals surface area contributed by atoms with E-state index < -0.39 is 0 Å². The molecule has 0 aliphatic carbocycles. The van der Waals surface area contributed by atoms with E-state index in [2.05, 4.69) is 15.4 Å². The van der Waals surface area contributed by atoms with Crippen molar-refractivity contribution in [2.45, 2.75) is 25.3 Å². The van der Waals surface area contributed by atoms with Gasteiger partial charge in [-0.2, -0.15) is 0 Å². The van der Waals surface area contributed by atoms with Crippen molar-refractivity contribution in [1.29, 1.82) is 0 Å². The molecule has 7 heteroatoms. The molecule has 1 aromatic carbocycles. The monoisotopic (exact) mass is 347 g/mol. The van der Waals surface area contributed by atoms with Crippen LogP contribution < -0.4 is 0 Å². The molecule has 4 aromatic rings.